The Morgan fingerprint density at radius 1 is 1.22 bits per heavy atom. The van der Waals surface area contributed by atoms with Crippen LogP contribution < -0.4 is 15.8 Å². The second-order valence-corrected chi connectivity index (χ2v) is 7.60. The maximum Gasteiger partial charge on any atom is 0.251 e. The van der Waals surface area contributed by atoms with Crippen molar-refractivity contribution in [1.29, 1.82) is 0 Å². The van der Waals surface area contributed by atoms with Crippen molar-refractivity contribution < 1.29 is 14.3 Å². The van der Waals surface area contributed by atoms with Crippen LogP contribution in [0.15, 0.2) is 35.7 Å². The first-order valence-corrected chi connectivity index (χ1v) is 10.0. The van der Waals surface area contributed by atoms with E-state index < -0.39 is 5.91 Å². The van der Waals surface area contributed by atoms with Gasteiger partial charge >= 0.3 is 0 Å². The molecule has 3 N–H and O–H groups in total. The average Bonchev–Trinajstić information content (AvgIpc) is 3.00. The van der Waals surface area contributed by atoms with Gasteiger partial charge < -0.3 is 15.8 Å². The van der Waals surface area contributed by atoms with Crippen molar-refractivity contribution in [3.63, 3.8) is 0 Å². The van der Waals surface area contributed by atoms with Crippen molar-refractivity contribution in [3.05, 3.63) is 46.8 Å². The number of likely N-dealkylation sites (tertiary alicyclic amines) is 1. The lowest BCUT2D eigenvalue weighted by Crippen LogP contribution is -2.36. The Labute approximate surface area is 163 Å². The number of nitrogens with zero attached hydrogens (tertiary/aromatic N) is 1. The van der Waals surface area contributed by atoms with Gasteiger partial charge in [0.25, 0.3) is 5.91 Å². The molecule has 0 radical (unpaired) electrons. The van der Waals surface area contributed by atoms with E-state index in [1.165, 1.54) is 23.3 Å². The molecule has 1 aliphatic heterocycles. The number of hydrogen-bond donors (Lipinski definition) is 2. The van der Waals surface area contributed by atoms with E-state index in [4.69, 9.17) is 10.5 Å². The number of carbonyl (C=O) groups is 2. The lowest BCUT2D eigenvalue weighted by atomic mass is 10.0. The third-order valence-corrected chi connectivity index (χ3v) is 5.72. The largest absolute Gasteiger partial charge is 0.497 e. The Kier molecular flexibility index (Phi) is 6.47. The van der Waals surface area contributed by atoms with Gasteiger partial charge in [-0.3, -0.25) is 14.5 Å². The molecule has 0 saturated carbocycles. The van der Waals surface area contributed by atoms with Gasteiger partial charge in [0.2, 0.25) is 5.91 Å². The standard InChI is InChI=1S/C20H25N3O3S/c1-26-15-8-6-14(7-9-15)17-5-3-2-4-11-23(17)13-18(24)22-20-16(19(21)25)10-12-27-20/h6-10,12,17H,2-5,11,13H2,1H3,(H2,21,25)(H,22,24)/t17-/m1/s1. The van der Waals surface area contributed by atoms with E-state index in [2.05, 4.69) is 22.3 Å². The van der Waals surface area contributed by atoms with Gasteiger partial charge in [0, 0.05) is 6.04 Å². The third kappa shape index (κ3) is 4.87. The fraction of sp³-hybridized carbons (Fsp3) is 0.400. The first-order chi connectivity index (χ1) is 13.1. The minimum atomic E-state index is -0.530. The molecule has 1 atom stereocenters. The van der Waals surface area contributed by atoms with Crippen LogP contribution in [0.1, 0.15) is 47.6 Å². The number of thiophene rings is 1. The zero-order valence-corrected chi connectivity index (χ0v) is 16.3. The molecule has 1 aromatic heterocycles. The number of hydrogen-bond acceptors (Lipinski definition) is 5. The molecule has 1 saturated heterocycles. The summed E-state index contributed by atoms with van der Waals surface area (Å²) < 4.78 is 5.25. The molecule has 6 nitrogen and oxygen atoms in total. The fourth-order valence-electron chi connectivity index (χ4n) is 3.51. The van der Waals surface area contributed by atoms with Crippen LogP contribution in [-0.2, 0) is 4.79 Å². The highest BCUT2D eigenvalue weighted by molar-refractivity contribution is 7.14. The molecule has 2 heterocycles. The lowest BCUT2D eigenvalue weighted by molar-refractivity contribution is -0.117. The monoisotopic (exact) mass is 387 g/mol. The number of anilines is 1. The highest BCUT2D eigenvalue weighted by Gasteiger charge is 2.25. The Hall–Kier alpha value is -2.38. The summed E-state index contributed by atoms with van der Waals surface area (Å²) in [5.41, 5.74) is 6.91. The smallest absolute Gasteiger partial charge is 0.251 e. The minimum absolute atomic E-state index is 0.125. The van der Waals surface area contributed by atoms with Crippen LogP contribution >= 0.6 is 11.3 Å². The average molecular weight is 388 g/mol. The van der Waals surface area contributed by atoms with Crippen molar-refractivity contribution >= 4 is 28.2 Å². The first kappa shape index (κ1) is 19.4. The maximum atomic E-state index is 12.6. The summed E-state index contributed by atoms with van der Waals surface area (Å²) >= 11 is 1.31. The van der Waals surface area contributed by atoms with Gasteiger partial charge in [0.05, 0.1) is 19.2 Å². The molecule has 7 heteroatoms. The molecule has 0 aliphatic carbocycles. The van der Waals surface area contributed by atoms with Crippen LogP contribution in [0, 0.1) is 0 Å². The predicted molar refractivity (Wildman–Crippen MR) is 107 cm³/mol. The van der Waals surface area contributed by atoms with Crippen molar-refractivity contribution in [1.82, 2.24) is 4.90 Å². The number of methoxy groups -OCH3 is 1. The molecule has 1 fully saturated rings. The highest BCUT2D eigenvalue weighted by Crippen LogP contribution is 2.31. The van der Waals surface area contributed by atoms with Gasteiger partial charge in [-0.15, -0.1) is 11.3 Å². The first-order valence-electron chi connectivity index (χ1n) is 9.13. The molecule has 3 rings (SSSR count). The number of ether oxygens (including phenoxy) is 1. The van der Waals surface area contributed by atoms with Crippen LogP contribution in [0.2, 0.25) is 0 Å². The summed E-state index contributed by atoms with van der Waals surface area (Å²) in [7, 11) is 1.65. The van der Waals surface area contributed by atoms with Gasteiger partial charge in [-0.25, -0.2) is 0 Å². The summed E-state index contributed by atoms with van der Waals surface area (Å²) in [5, 5.41) is 5.12. The molecule has 1 aromatic carbocycles. The van der Waals surface area contributed by atoms with Crippen molar-refractivity contribution in [2.75, 3.05) is 25.5 Å². The summed E-state index contributed by atoms with van der Waals surface area (Å²) in [5.74, 6) is 0.172. The molecule has 2 amide bonds. The second-order valence-electron chi connectivity index (χ2n) is 6.68. The molecular weight excluding hydrogens is 362 g/mol. The maximum absolute atomic E-state index is 12.6. The van der Waals surface area contributed by atoms with Crippen LogP contribution in [-0.4, -0.2) is 36.9 Å². The van der Waals surface area contributed by atoms with Gasteiger partial charge in [0.1, 0.15) is 10.8 Å². The Bertz CT molecular complexity index is 788. The molecule has 1 aliphatic rings. The summed E-state index contributed by atoms with van der Waals surface area (Å²) in [6.45, 7) is 1.16. The van der Waals surface area contributed by atoms with E-state index in [-0.39, 0.29) is 18.5 Å². The number of primary amides is 1. The van der Waals surface area contributed by atoms with Gasteiger partial charge in [0.15, 0.2) is 0 Å². The van der Waals surface area contributed by atoms with E-state index in [1.54, 1.807) is 18.6 Å². The Balaban J connectivity index is 1.72. The van der Waals surface area contributed by atoms with Gasteiger partial charge in [-0.2, -0.15) is 0 Å². The predicted octanol–water partition coefficient (Wildman–Crippen LogP) is 3.41. The van der Waals surface area contributed by atoms with Crippen molar-refractivity contribution in [3.8, 4) is 5.75 Å². The highest BCUT2D eigenvalue weighted by atomic mass is 32.1. The molecular formula is C20H25N3O3S. The number of amides is 2. The van der Waals surface area contributed by atoms with E-state index >= 15 is 0 Å². The van der Waals surface area contributed by atoms with E-state index in [1.807, 2.05) is 12.1 Å². The van der Waals surface area contributed by atoms with Gasteiger partial charge in [-0.05, 0) is 48.5 Å². The van der Waals surface area contributed by atoms with Crippen LogP contribution in [0.3, 0.4) is 0 Å². The zero-order chi connectivity index (χ0) is 19.2. The number of carbonyl (C=O) groups excluding carboxylic acids is 2. The van der Waals surface area contributed by atoms with Crippen molar-refractivity contribution in [2.24, 2.45) is 5.73 Å². The molecule has 0 unspecified atom stereocenters. The summed E-state index contributed by atoms with van der Waals surface area (Å²) in [6.07, 6.45) is 4.41. The number of benzene rings is 1. The van der Waals surface area contributed by atoms with Crippen molar-refractivity contribution in [2.45, 2.75) is 31.7 Å². The quantitative estimate of drug-likeness (QED) is 0.795. The molecule has 27 heavy (non-hydrogen) atoms. The molecule has 2 aromatic rings. The zero-order valence-electron chi connectivity index (χ0n) is 15.4. The number of nitrogens with one attached hydrogen (secondary N) is 1. The summed E-state index contributed by atoms with van der Waals surface area (Å²) in [6, 6.07) is 9.90. The SMILES string of the molecule is COc1ccc([C@H]2CCCCCN2CC(=O)Nc2sccc2C(N)=O)cc1. The van der Waals surface area contributed by atoms with Crippen LogP contribution in [0.5, 0.6) is 5.75 Å². The fourth-order valence-corrected chi connectivity index (χ4v) is 4.32. The normalized spacial score (nSPS) is 17.9. The number of nitrogens with two attached hydrogens (primary N) is 1. The van der Waals surface area contributed by atoms with Gasteiger partial charge in [-0.1, -0.05) is 25.0 Å². The Morgan fingerprint density at radius 2 is 2.00 bits per heavy atom. The number of rotatable bonds is 6. The molecule has 144 valence electrons. The lowest BCUT2D eigenvalue weighted by Gasteiger charge is -2.29. The third-order valence-electron chi connectivity index (χ3n) is 4.89. The van der Waals surface area contributed by atoms with E-state index in [0.29, 0.717) is 10.6 Å². The van der Waals surface area contributed by atoms with Crippen LogP contribution in [0.4, 0.5) is 5.00 Å². The van der Waals surface area contributed by atoms with E-state index in [9.17, 15) is 9.59 Å². The second kappa shape index (κ2) is 9.01. The minimum Gasteiger partial charge on any atom is -0.497 e. The topological polar surface area (TPSA) is 84.7 Å². The Morgan fingerprint density at radius 3 is 2.70 bits per heavy atom. The molecule has 0 spiro atoms. The van der Waals surface area contributed by atoms with E-state index in [0.717, 1.165) is 31.6 Å². The summed E-state index contributed by atoms with van der Waals surface area (Å²) in [4.78, 5) is 26.3. The van der Waals surface area contributed by atoms with Crippen LogP contribution in [0.25, 0.3) is 0 Å². The molecule has 0 bridgehead atoms.